The number of anilines is 2. The molecule has 1 heterocycles. The minimum atomic E-state index is -0.322. The van der Waals surface area contributed by atoms with Gasteiger partial charge in [0.05, 0.1) is 23.2 Å². The molecular weight excluding hydrogens is 410 g/mol. The largest absolute Gasteiger partial charge is 0.356 e. The maximum Gasteiger partial charge on any atom is 0.271 e. The molecule has 1 aromatic heterocycles. The van der Waals surface area contributed by atoms with Gasteiger partial charge < -0.3 is 5.32 Å². The van der Waals surface area contributed by atoms with E-state index in [2.05, 4.69) is 20.9 Å². The number of carbonyl (C=O) groups is 1. The number of carbonyl (C=O) groups excluding carboxylic acids is 1. The van der Waals surface area contributed by atoms with Crippen LogP contribution >= 0.6 is 11.6 Å². The minimum Gasteiger partial charge on any atom is -0.356 e. The Kier molecular flexibility index (Phi) is 6.10. The number of amides is 1. The Balaban J connectivity index is 1.46. The monoisotopic (exact) mass is 429 g/mol. The summed E-state index contributed by atoms with van der Waals surface area (Å²) in [5, 5.41) is 12.2. The van der Waals surface area contributed by atoms with E-state index < -0.39 is 0 Å². The lowest BCUT2D eigenvalue weighted by atomic mass is 10.2. The average Bonchev–Trinajstić information content (AvgIpc) is 3.09. The van der Waals surface area contributed by atoms with Crippen LogP contribution in [0.5, 0.6) is 0 Å². The molecular formula is C24H20ClN5O. The third-order valence-corrected chi connectivity index (χ3v) is 4.96. The van der Waals surface area contributed by atoms with Crippen LogP contribution in [0.2, 0.25) is 5.15 Å². The molecule has 154 valence electrons. The number of halogens is 1. The number of nitrogens with zero attached hydrogens (tertiary/aromatic N) is 3. The van der Waals surface area contributed by atoms with Gasteiger partial charge in [-0.3, -0.25) is 4.79 Å². The van der Waals surface area contributed by atoms with Crippen molar-refractivity contribution in [3.63, 3.8) is 0 Å². The number of aryl methyl sites for hydroxylation is 1. The van der Waals surface area contributed by atoms with E-state index in [1.807, 2.05) is 79.7 Å². The van der Waals surface area contributed by atoms with Gasteiger partial charge >= 0.3 is 0 Å². The van der Waals surface area contributed by atoms with Gasteiger partial charge in [-0.2, -0.15) is 10.2 Å². The van der Waals surface area contributed by atoms with E-state index in [4.69, 9.17) is 11.6 Å². The van der Waals surface area contributed by atoms with Gasteiger partial charge in [0.25, 0.3) is 5.91 Å². The zero-order valence-electron chi connectivity index (χ0n) is 16.8. The zero-order chi connectivity index (χ0) is 21.6. The second kappa shape index (κ2) is 9.28. The van der Waals surface area contributed by atoms with Crippen LogP contribution in [-0.2, 0) is 0 Å². The van der Waals surface area contributed by atoms with Crippen LogP contribution in [0.15, 0.2) is 90.0 Å². The van der Waals surface area contributed by atoms with Crippen LogP contribution in [0.1, 0.15) is 21.6 Å². The number of para-hydroxylation sites is 2. The van der Waals surface area contributed by atoms with Gasteiger partial charge in [0.15, 0.2) is 0 Å². The summed E-state index contributed by atoms with van der Waals surface area (Å²) in [5.74, 6) is -0.322. The van der Waals surface area contributed by atoms with E-state index in [-0.39, 0.29) is 5.91 Å². The third kappa shape index (κ3) is 4.82. The van der Waals surface area contributed by atoms with Gasteiger partial charge in [0.2, 0.25) is 0 Å². The van der Waals surface area contributed by atoms with E-state index in [1.165, 1.54) is 6.21 Å². The van der Waals surface area contributed by atoms with Crippen LogP contribution in [0.3, 0.4) is 0 Å². The highest BCUT2D eigenvalue weighted by molar-refractivity contribution is 6.32. The average molecular weight is 430 g/mol. The first kappa shape index (κ1) is 20.4. The van der Waals surface area contributed by atoms with Crippen LogP contribution in [0.4, 0.5) is 11.4 Å². The lowest BCUT2D eigenvalue weighted by Crippen LogP contribution is -2.17. The molecule has 3 aromatic carbocycles. The second-order valence-corrected chi connectivity index (χ2v) is 7.17. The van der Waals surface area contributed by atoms with Gasteiger partial charge in [-0.25, -0.2) is 10.1 Å². The number of nitrogens with one attached hydrogen (secondary N) is 2. The molecule has 0 saturated heterocycles. The summed E-state index contributed by atoms with van der Waals surface area (Å²) in [6.45, 7) is 1.84. The second-order valence-electron chi connectivity index (χ2n) is 6.81. The molecule has 0 aliphatic heterocycles. The predicted octanol–water partition coefficient (Wildman–Crippen LogP) is 5.34. The van der Waals surface area contributed by atoms with Crippen LogP contribution in [0, 0.1) is 6.92 Å². The summed E-state index contributed by atoms with van der Waals surface area (Å²) in [4.78, 5) is 12.5. The van der Waals surface area contributed by atoms with Crippen LogP contribution in [-0.4, -0.2) is 21.9 Å². The topological polar surface area (TPSA) is 71.3 Å². The first-order chi connectivity index (χ1) is 15.1. The molecule has 1 amide bonds. The van der Waals surface area contributed by atoms with E-state index in [0.717, 1.165) is 17.1 Å². The Bertz CT molecular complexity index is 1220. The first-order valence-corrected chi connectivity index (χ1v) is 10.1. The number of hydrazone groups is 1. The van der Waals surface area contributed by atoms with Crippen molar-refractivity contribution in [2.75, 3.05) is 5.32 Å². The fraction of sp³-hybridized carbons (Fsp3) is 0.0417. The van der Waals surface area contributed by atoms with E-state index in [1.54, 1.807) is 16.8 Å². The molecule has 0 spiro atoms. The van der Waals surface area contributed by atoms with Crippen molar-refractivity contribution in [1.29, 1.82) is 0 Å². The van der Waals surface area contributed by atoms with Crippen LogP contribution < -0.4 is 10.7 Å². The Labute approximate surface area is 185 Å². The lowest BCUT2D eigenvalue weighted by molar-refractivity contribution is 0.0955. The van der Waals surface area contributed by atoms with Gasteiger partial charge in [-0.05, 0) is 49.4 Å². The molecule has 0 radical (unpaired) electrons. The van der Waals surface area contributed by atoms with E-state index >= 15 is 0 Å². The Morgan fingerprint density at radius 3 is 2.39 bits per heavy atom. The van der Waals surface area contributed by atoms with E-state index in [9.17, 15) is 4.79 Å². The fourth-order valence-electron chi connectivity index (χ4n) is 3.04. The number of hydrogen-bond donors (Lipinski definition) is 2. The number of benzene rings is 3. The quantitative estimate of drug-likeness (QED) is 0.321. The zero-order valence-corrected chi connectivity index (χ0v) is 17.5. The first-order valence-electron chi connectivity index (χ1n) is 9.68. The minimum absolute atomic E-state index is 0.322. The van der Waals surface area contributed by atoms with E-state index in [0.29, 0.717) is 22.0 Å². The highest BCUT2D eigenvalue weighted by atomic mass is 35.5. The molecule has 2 N–H and O–H groups in total. The number of rotatable bonds is 6. The summed E-state index contributed by atoms with van der Waals surface area (Å²) in [7, 11) is 0. The molecule has 4 aromatic rings. The summed E-state index contributed by atoms with van der Waals surface area (Å²) >= 11 is 6.48. The van der Waals surface area contributed by atoms with Gasteiger partial charge in [0.1, 0.15) is 5.15 Å². The standard InChI is InChI=1S/C24H20ClN5O/c1-17-22(23(25)30(29-17)21-13-6-3-7-14-21)16-26-28-24(31)18-9-8-12-20(15-18)27-19-10-4-2-5-11-19/h2-16,27H,1H3,(H,28,31)/b26-16-. The molecule has 6 nitrogen and oxygen atoms in total. The lowest BCUT2D eigenvalue weighted by Gasteiger charge is -2.07. The Morgan fingerprint density at radius 1 is 0.968 bits per heavy atom. The smallest absolute Gasteiger partial charge is 0.271 e. The third-order valence-electron chi connectivity index (χ3n) is 4.60. The molecule has 0 fully saturated rings. The fourth-order valence-corrected chi connectivity index (χ4v) is 3.37. The van der Waals surface area contributed by atoms with Crippen molar-refractivity contribution in [1.82, 2.24) is 15.2 Å². The molecule has 4 rings (SSSR count). The molecule has 0 aliphatic carbocycles. The highest BCUT2D eigenvalue weighted by Gasteiger charge is 2.13. The maximum absolute atomic E-state index is 12.5. The maximum atomic E-state index is 12.5. The van der Waals surface area contributed by atoms with Crippen molar-refractivity contribution in [3.05, 3.63) is 107 Å². The summed E-state index contributed by atoms with van der Waals surface area (Å²) in [6.07, 6.45) is 1.51. The molecule has 0 saturated carbocycles. The van der Waals surface area contributed by atoms with Crippen molar-refractivity contribution in [2.24, 2.45) is 5.10 Å². The summed E-state index contributed by atoms with van der Waals surface area (Å²) in [6, 6.07) is 26.5. The normalized spacial score (nSPS) is 10.9. The molecule has 7 heteroatoms. The van der Waals surface area contributed by atoms with Crippen LogP contribution in [0.25, 0.3) is 5.69 Å². The van der Waals surface area contributed by atoms with Crippen molar-refractivity contribution < 1.29 is 4.79 Å². The summed E-state index contributed by atoms with van der Waals surface area (Å²) in [5.41, 5.74) is 6.99. The van der Waals surface area contributed by atoms with Crippen molar-refractivity contribution >= 4 is 35.1 Å². The molecule has 0 atom stereocenters. The summed E-state index contributed by atoms with van der Waals surface area (Å²) < 4.78 is 1.64. The molecule has 0 aliphatic rings. The highest BCUT2D eigenvalue weighted by Crippen LogP contribution is 2.22. The van der Waals surface area contributed by atoms with Gasteiger partial charge in [0, 0.05) is 16.9 Å². The SMILES string of the molecule is Cc1nn(-c2ccccc2)c(Cl)c1/C=N\NC(=O)c1cccc(Nc2ccccc2)c1. The van der Waals surface area contributed by atoms with Crippen molar-refractivity contribution in [2.45, 2.75) is 6.92 Å². The molecule has 0 unspecified atom stereocenters. The molecule has 31 heavy (non-hydrogen) atoms. The predicted molar refractivity (Wildman–Crippen MR) is 125 cm³/mol. The van der Waals surface area contributed by atoms with Gasteiger partial charge in [-0.1, -0.05) is 54.1 Å². The molecule has 0 bridgehead atoms. The Hall–Kier alpha value is -3.90. The van der Waals surface area contributed by atoms with Crippen molar-refractivity contribution in [3.8, 4) is 5.69 Å². The number of aromatic nitrogens is 2. The number of hydrogen-bond acceptors (Lipinski definition) is 4. The van der Waals surface area contributed by atoms with Gasteiger partial charge in [-0.15, -0.1) is 0 Å². The Morgan fingerprint density at radius 2 is 1.65 bits per heavy atom.